The van der Waals surface area contributed by atoms with Gasteiger partial charge in [-0.05, 0) is 6.04 Å². The van der Waals surface area contributed by atoms with Gasteiger partial charge in [-0.15, -0.1) is 23.9 Å². The Kier molecular flexibility index (Phi) is 5.46. The van der Waals surface area contributed by atoms with Gasteiger partial charge in [-0.25, -0.2) is 0 Å². The van der Waals surface area contributed by atoms with Gasteiger partial charge in [0.05, 0.1) is 0 Å². The Morgan fingerprint density at radius 3 is 2.67 bits per heavy atom. The van der Waals surface area contributed by atoms with Crippen LogP contribution >= 0.6 is 11.6 Å². The zero-order chi connectivity index (χ0) is 4.83. The molecule has 0 N–H and O–H groups in total. The Morgan fingerprint density at radius 1 is 1.83 bits per heavy atom. The van der Waals surface area contributed by atoms with Crippen LogP contribution in [-0.4, -0.2) is 15.4 Å². The molecule has 0 rings (SSSR count). The minimum absolute atomic E-state index is 0.0536. The van der Waals surface area contributed by atoms with Crippen molar-refractivity contribution in [2.75, 3.05) is 5.88 Å². The van der Waals surface area contributed by atoms with E-state index in [1.54, 1.807) is 0 Å². The van der Waals surface area contributed by atoms with Gasteiger partial charge in [-0.1, -0.05) is 0 Å². The number of rotatable bonds is 3. The molecular formula is C4H9ClSi. The van der Waals surface area contributed by atoms with Gasteiger partial charge in [0.25, 0.3) is 0 Å². The van der Waals surface area contributed by atoms with Gasteiger partial charge >= 0.3 is 0 Å². The molecule has 0 nitrogen and oxygen atoms in total. The Bertz CT molecular complexity index is 36.5. The highest BCUT2D eigenvalue weighted by molar-refractivity contribution is 6.43. The fourth-order valence-electron chi connectivity index (χ4n) is 0.221. The van der Waals surface area contributed by atoms with Crippen molar-refractivity contribution < 1.29 is 0 Å². The zero-order valence-corrected chi connectivity index (χ0v) is 5.95. The molecule has 0 spiro atoms. The summed E-state index contributed by atoms with van der Waals surface area (Å²) in [6, 6.07) is 1.20. The molecule has 0 amide bonds. The average Bonchev–Trinajstić information content (AvgIpc) is 1.61. The Balaban J connectivity index is 2.49. The highest BCUT2D eigenvalue weighted by Gasteiger charge is 1.74. The van der Waals surface area contributed by atoms with Crippen LogP contribution < -0.4 is 0 Å². The van der Waals surface area contributed by atoms with E-state index < -0.39 is 0 Å². The third-order valence-electron chi connectivity index (χ3n) is 0.542. The van der Waals surface area contributed by atoms with Crippen LogP contribution in [0.2, 0.25) is 6.04 Å². The summed E-state index contributed by atoms with van der Waals surface area (Å²) >= 11 is 5.37. The van der Waals surface area contributed by atoms with Crippen molar-refractivity contribution in [1.82, 2.24) is 0 Å². The number of halogens is 1. The average molecular weight is 121 g/mol. The monoisotopic (exact) mass is 120 g/mol. The smallest absolute Gasteiger partial charge is 0.0458 e. The van der Waals surface area contributed by atoms with Gasteiger partial charge in [-0.3, -0.25) is 0 Å². The molecular weight excluding hydrogens is 112 g/mol. The summed E-state index contributed by atoms with van der Waals surface area (Å²) in [4.78, 5) is 0. The van der Waals surface area contributed by atoms with Gasteiger partial charge in [0.15, 0.2) is 0 Å². The van der Waals surface area contributed by atoms with Crippen LogP contribution in [0.4, 0.5) is 0 Å². The summed E-state index contributed by atoms with van der Waals surface area (Å²) < 4.78 is 0. The molecule has 0 aromatic heterocycles. The lowest BCUT2D eigenvalue weighted by Gasteiger charge is -1.78. The summed E-state index contributed by atoms with van der Waals surface area (Å²) in [5, 5.41) is 0. The second-order valence-electron chi connectivity index (χ2n) is 1.12. The normalized spacial score (nSPS) is 10.2. The summed E-state index contributed by atoms with van der Waals surface area (Å²) in [5.41, 5.74) is 2.02. The van der Waals surface area contributed by atoms with Crippen LogP contribution in [0.5, 0.6) is 0 Å². The lowest BCUT2D eigenvalue weighted by atomic mass is 11.0. The molecule has 6 heavy (non-hydrogen) atoms. The zero-order valence-electron chi connectivity index (χ0n) is 3.78. The molecule has 0 radical (unpaired) electrons. The van der Waals surface area contributed by atoms with Crippen LogP contribution in [0.25, 0.3) is 0 Å². The molecule has 0 unspecified atom stereocenters. The van der Waals surface area contributed by atoms with Crippen LogP contribution in [0.1, 0.15) is 0 Å². The molecule has 0 saturated carbocycles. The van der Waals surface area contributed by atoms with Crippen LogP contribution in [0, 0.1) is 0 Å². The van der Waals surface area contributed by atoms with Gasteiger partial charge in [0.1, 0.15) is 0 Å². The summed E-state index contributed by atoms with van der Waals surface area (Å²) in [5.74, 6) is 0.818. The fraction of sp³-hybridized carbons (Fsp3) is 0.500. The standard InChI is InChI=1S/C4H9ClSi/c1-2-6-4-3-5/h2H,1,3-4,6H2. The maximum atomic E-state index is 5.37. The van der Waals surface area contributed by atoms with Crippen LogP contribution in [-0.2, 0) is 0 Å². The predicted molar refractivity (Wildman–Crippen MR) is 34.3 cm³/mol. The van der Waals surface area contributed by atoms with E-state index in [0.29, 0.717) is 0 Å². The minimum Gasteiger partial charge on any atom is -0.127 e. The number of hydrogen-bond acceptors (Lipinski definition) is 0. The first kappa shape index (κ1) is 6.25. The molecule has 36 valence electrons. The van der Waals surface area contributed by atoms with Gasteiger partial charge in [0.2, 0.25) is 0 Å². The van der Waals surface area contributed by atoms with E-state index in [9.17, 15) is 0 Å². The second kappa shape index (κ2) is 5.25. The largest absolute Gasteiger partial charge is 0.127 e. The highest BCUT2D eigenvalue weighted by Crippen LogP contribution is 1.81. The molecule has 0 fully saturated rings. The lowest BCUT2D eigenvalue weighted by molar-refractivity contribution is 1.47. The van der Waals surface area contributed by atoms with Crippen molar-refractivity contribution >= 4 is 21.1 Å². The Labute approximate surface area is 46.0 Å². The molecule has 0 aromatic carbocycles. The van der Waals surface area contributed by atoms with Crippen molar-refractivity contribution in [3.63, 3.8) is 0 Å². The van der Waals surface area contributed by atoms with Crippen molar-refractivity contribution in [3.05, 3.63) is 12.3 Å². The number of alkyl halides is 1. The van der Waals surface area contributed by atoms with Crippen molar-refractivity contribution in [1.29, 1.82) is 0 Å². The fourth-order valence-corrected chi connectivity index (χ4v) is 1.13. The van der Waals surface area contributed by atoms with E-state index in [2.05, 4.69) is 6.58 Å². The first-order valence-electron chi connectivity index (χ1n) is 2.08. The highest BCUT2D eigenvalue weighted by atomic mass is 35.5. The predicted octanol–water partition coefficient (Wildman–Crippen LogP) is 0.956. The maximum Gasteiger partial charge on any atom is 0.0458 e. The molecule has 0 aromatic rings. The van der Waals surface area contributed by atoms with E-state index in [1.165, 1.54) is 6.04 Å². The SMILES string of the molecule is C=C[SiH2]CCCl. The minimum atomic E-state index is 0.0536. The Morgan fingerprint density at radius 2 is 2.50 bits per heavy atom. The van der Waals surface area contributed by atoms with Crippen molar-refractivity contribution in [2.24, 2.45) is 0 Å². The second-order valence-corrected chi connectivity index (χ2v) is 3.36. The number of hydrogen-bond donors (Lipinski definition) is 0. The van der Waals surface area contributed by atoms with E-state index >= 15 is 0 Å². The van der Waals surface area contributed by atoms with E-state index in [0.717, 1.165) is 5.88 Å². The topological polar surface area (TPSA) is 0 Å². The first-order valence-corrected chi connectivity index (χ1v) is 4.43. The first-order chi connectivity index (χ1) is 2.91. The molecule has 2 heteroatoms. The summed E-state index contributed by atoms with van der Waals surface area (Å²) in [6.45, 7) is 3.60. The van der Waals surface area contributed by atoms with E-state index in [1.807, 2.05) is 5.70 Å². The molecule has 0 heterocycles. The molecule has 0 aliphatic rings. The summed E-state index contributed by atoms with van der Waals surface area (Å²) in [7, 11) is 0.0536. The molecule has 0 aliphatic carbocycles. The summed E-state index contributed by atoms with van der Waals surface area (Å²) in [6.07, 6.45) is 0. The van der Waals surface area contributed by atoms with Gasteiger partial charge in [-0.2, -0.15) is 0 Å². The van der Waals surface area contributed by atoms with Gasteiger partial charge in [0, 0.05) is 15.4 Å². The van der Waals surface area contributed by atoms with Crippen LogP contribution in [0.15, 0.2) is 12.3 Å². The van der Waals surface area contributed by atoms with Crippen molar-refractivity contribution in [2.45, 2.75) is 6.04 Å². The maximum absolute atomic E-state index is 5.37. The van der Waals surface area contributed by atoms with Crippen LogP contribution in [0.3, 0.4) is 0 Å². The third-order valence-corrected chi connectivity index (χ3v) is 2.43. The van der Waals surface area contributed by atoms with E-state index in [4.69, 9.17) is 11.6 Å². The molecule has 0 saturated heterocycles. The quantitative estimate of drug-likeness (QED) is 0.296. The molecule has 0 atom stereocenters. The Hall–Kier alpha value is 0.247. The third kappa shape index (κ3) is 4.25. The molecule has 0 bridgehead atoms. The lowest BCUT2D eigenvalue weighted by Crippen LogP contribution is -1.81. The van der Waals surface area contributed by atoms with Gasteiger partial charge < -0.3 is 0 Å². The van der Waals surface area contributed by atoms with Crippen molar-refractivity contribution in [3.8, 4) is 0 Å². The van der Waals surface area contributed by atoms with E-state index in [-0.39, 0.29) is 9.52 Å². The molecule has 0 aliphatic heterocycles.